The van der Waals surface area contributed by atoms with Crippen LogP contribution in [-0.4, -0.2) is 27.7 Å². The molecular formula is C10H23NOSi. The van der Waals surface area contributed by atoms with Gasteiger partial charge >= 0.3 is 0 Å². The molecule has 0 heterocycles. The Morgan fingerprint density at radius 2 is 2.00 bits per heavy atom. The van der Waals surface area contributed by atoms with Crippen molar-refractivity contribution in [1.29, 1.82) is 0 Å². The Hall–Kier alpha value is -0.153. The van der Waals surface area contributed by atoms with Gasteiger partial charge in [0.05, 0.1) is 0 Å². The molecule has 0 rings (SSSR count). The highest BCUT2D eigenvalue weighted by atomic mass is 28.4. The third-order valence-corrected chi connectivity index (χ3v) is 5.05. The lowest BCUT2D eigenvalue weighted by Crippen LogP contribution is -2.28. The minimum Gasteiger partial charge on any atom is -0.420 e. The summed E-state index contributed by atoms with van der Waals surface area (Å²) < 4.78 is 5.46. The molecule has 0 saturated carbocycles. The number of rotatable bonds is 6. The van der Waals surface area contributed by atoms with Crippen LogP contribution in [0.3, 0.4) is 0 Å². The molecule has 0 saturated heterocycles. The zero-order valence-corrected chi connectivity index (χ0v) is 10.7. The summed E-state index contributed by atoms with van der Waals surface area (Å²) in [4.78, 5) is 4.46. The first-order valence-electron chi connectivity index (χ1n) is 5.07. The summed E-state index contributed by atoms with van der Waals surface area (Å²) >= 11 is 0. The summed E-state index contributed by atoms with van der Waals surface area (Å²) in [7, 11) is 0.497. The normalized spacial score (nSPS) is 13.5. The SMILES string of the molecule is CCC(C)=NCCC[Si](C)(C)OC. The average Bonchev–Trinajstić information content (AvgIpc) is 2.12. The molecule has 0 unspecified atom stereocenters. The molecule has 0 spiro atoms. The van der Waals surface area contributed by atoms with Crippen molar-refractivity contribution in [3.05, 3.63) is 0 Å². The molecule has 0 fully saturated rings. The Balaban J connectivity index is 3.57. The standard InChI is InChI=1S/C10H23NOSi/c1-6-10(2)11-8-7-9-13(4,5)12-3/h6-9H2,1-5H3. The second-order valence-electron chi connectivity index (χ2n) is 4.04. The van der Waals surface area contributed by atoms with Crippen LogP contribution in [0.2, 0.25) is 19.1 Å². The monoisotopic (exact) mass is 201 g/mol. The van der Waals surface area contributed by atoms with Crippen LogP contribution in [-0.2, 0) is 4.43 Å². The molecule has 0 aliphatic carbocycles. The van der Waals surface area contributed by atoms with Crippen molar-refractivity contribution in [1.82, 2.24) is 0 Å². The fraction of sp³-hybridized carbons (Fsp3) is 0.900. The average molecular weight is 201 g/mol. The minimum atomic E-state index is -1.33. The fourth-order valence-electron chi connectivity index (χ4n) is 0.989. The fourth-order valence-corrected chi connectivity index (χ4v) is 2.20. The van der Waals surface area contributed by atoms with Crippen molar-refractivity contribution in [3.63, 3.8) is 0 Å². The molecule has 2 nitrogen and oxygen atoms in total. The maximum atomic E-state index is 5.46. The highest BCUT2D eigenvalue weighted by Crippen LogP contribution is 2.12. The van der Waals surface area contributed by atoms with Crippen molar-refractivity contribution in [2.45, 2.75) is 45.8 Å². The van der Waals surface area contributed by atoms with Crippen LogP contribution < -0.4 is 0 Å². The van der Waals surface area contributed by atoms with E-state index in [1.807, 2.05) is 7.11 Å². The van der Waals surface area contributed by atoms with Crippen LogP contribution in [0, 0.1) is 0 Å². The lowest BCUT2D eigenvalue weighted by molar-refractivity contribution is 0.402. The third-order valence-electron chi connectivity index (χ3n) is 2.38. The smallest absolute Gasteiger partial charge is 0.186 e. The quantitative estimate of drug-likeness (QED) is 0.367. The van der Waals surface area contributed by atoms with Gasteiger partial charge in [-0.1, -0.05) is 6.92 Å². The van der Waals surface area contributed by atoms with Gasteiger partial charge in [-0.15, -0.1) is 0 Å². The zero-order valence-electron chi connectivity index (χ0n) is 9.68. The van der Waals surface area contributed by atoms with Crippen LogP contribution in [0.5, 0.6) is 0 Å². The molecule has 0 aromatic heterocycles. The molecule has 0 radical (unpaired) electrons. The second kappa shape index (κ2) is 6.32. The summed E-state index contributed by atoms with van der Waals surface area (Å²) in [6, 6.07) is 1.21. The topological polar surface area (TPSA) is 21.6 Å². The Kier molecular flexibility index (Phi) is 6.25. The molecule has 0 aliphatic rings. The molecule has 0 bridgehead atoms. The molecule has 13 heavy (non-hydrogen) atoms. The van der Waals surface area contributed by atoms with Crippen molar-refractivity contribution < 1.29 is 4.43 Å². The van der Waals surface area contributed by atoms with Gasteiger partial charge < -0.3 is 4.43 Å². The zero-order chi connectivity index (χ0) is 10.3. The highest BCUT2D eigenvalue weighted by molar-refractivity contribution is 6.71. The van der Waals surface area contributed by atoms with Crippen LogP contribution in [0.25, 0.3) is 0 Å². The van der Waals surface area contributed by atoms with Gasteiger partial charge in [0.15, 0.2) is 8.32 Å². The number of hydrogen-bond acceptors (Lipinski definition) is 2. The number of hydrogen-bond donors (Lipinski definition) is 0. The van der Waals surface area contributed by atoms with E-state index in [-0.39, 0.29) is 0 Å². The molecular weight excluding hydrogens is 178 g/mol. The van der Waals surface area contributed by atoms with E-state index in [0.717, 1.165) is 13.0 Å². The Labute approximate surface area is 83.5 Å². The maximum Gasteiger partial charge on any atom is 0.186 e. The van der Waals surface area contributed by atoms with Gasteiger partial charge in [0.2, 0.25) is 0 Å². The Morgan fingerprint density at radius 3 is 2.46 bits per heavy atom. The first kappa shape index (κ1) is 12.8. The molecule has 0 amide bonds. The summed E-state index contributed by atoms with van der Waals surface area (Å²) in [5, 5.41) is 0. The largest absolute Gasteiger partial charge is 0.420 e. The van der Waals surface area contributed by atoms with E-state index < -0.39 is 8.32 Å². The van der Waals surface area contributed by atoms with E-state index in [9.17, 15) is 0 Å². The molecule has 0 N–H and O–H groups in total. The van der Waals surface area contributed by atoms with Gasteiger partial charge in [-0.2, -0.15) is 0 Å². The van der Waals surface area contributed by atoms with E-state index in [4.69, 9.17) is 4.43 Å². The van der Waals surface area contributed by atoms with E-state index >= 15 is 0 Å². The van der Waals surface area contributed by atoms with Crippen molar-refractivity contribution in [2.75, 3.05) is 13.7 Å². The van der Waals surface area contributed by atoms with Gasteiger partial charge in [0, 0.05) is 19.4 Å². The predicted octanol–water partition coefficient (Wildman–Crippen LogP) is 3.10. The second-order valence-corrected chi connectivity index (χ2v) is 8.47. The van der Waals surface area contributed by atoms with Crippen molar-refractivity contribution in [2.24, 2.45) is 4.99 Å². The molecule has 0 aliphatic heterocycles. The summed E-state index contributed by atoms with van der Waals surface area (Å²) in [6.07, 6.45) is 2.25. The molecule has 0 aromatic rings. The summed E-state index contributed by atoms with van der Waals surface area (Å²) in [5.41, 5.74) is 1.26. The van der Waals surface area contributed by atoms with Crippen molar-refractivity contribution >= 4 is 14.0 Å². The van der Waals surface area contributed by atoms with Crippen molar-refractivity contribution in [3.8, 4) is 0 Å². The lowest BCUT2D eigenvalue weighted by atomic mass is 10.3. The molecule has 0 aromatic carbocycles. The Morgan fingerprint density at radius 1 is 1.38 bits per heavy atom. The van der Waals surface area contributed by atoms with E-state index in [1.54, 1.807) is 0 Å². The summed E-state index contributed by atoms with van der Waals surface area (Å²) in [6.45, 7) is 9.72. The van der Waals surface area contributed by atoms with Crippen LogP contribution in [0.4, 0.5) is 0 Å². The Bertz CT molecular complexity index is 166. The van der Waals surface area contributed by atoms with E-state index in [2.05, 4.69) is 31.9 Å². The van der Waals surface area contributed by atoms with Crippen LogP contribution in [0.15, 0.2) is 4.99 Å². The van der Waals surface area contributed by atoms with E-state index in [1.165, 1.54) is 18.2 Å². The van der Waals surface area contributed by atoms with Crippen LogP contribution in [0.1, 0.15) is 26.7 Å². The minimum absolute atomic E-state index is 0.972. The van der Waals surface area contributed by atoms with E-state index in [0.29, 0.717) is 0 Å². The number of aliphatic imine (C=N–C) groups is 1. The van der Waals surface area contributed by atoms with Gasteiger partial charge in [-0.25, -0.2) is 0 Å². The maximum absolute atomic E-state index is 5.46. The molecule has 3 heteroatoms. The lowest BCUT2D eigenvalue weighted by Gasteiger charge is -2.18. The number of nitrogens with zero attached hydrogens (tertiary/aromatic N) is 1. The summed E-state index contributed by atoms with van der Waals surface area (Å²) in [5.74, 6) is 0. The first-order chi connectivity index (χ1) is 6.02. The van der Waals surface area contributed by atoms with Gasteiger partial charge in [0.25, 0.3) is 0 Å². The molecule has 0 atom stereocenters. The van der Waals surface area contributed by atoms with Crippen LogP contribution >= 0.6 is 0 Å². The van der Waals surface area contributed by atoms with Gasteiger partial charge in [-0.05, 0) is 38.9 Å². The highest BCUT2D eigenvalue weighted by Gasteiger charge is 2.18. The molecule has 78 valence electrons. The first-order valence-corrected chi connectivity index (χ1v) is 8.18. The van der Waals surface area contributed by atoms with Gasteiger partial charge in [0.1, 0.15) is 0 Å². The predicted molar refractivity (Wildman–Crippen MR) is 62.2 cm³/mol. The third kappa shape index (κ3) is 6.96. The van der Waals surface area contributed by atoms with Gasteiger partial charge in [-0.3, -0.25) is 4.99 Å².